The van der Waals surface area contributed by atoms with Crippen molar-refractivity contribution < 1.29 is 19.1 Å². The van der Waals surface area contributed by atoms with Crippen molar-refractivity contribution in [2.75, 3.05) is 32.0 Å². The number of esters is 1. The van der Waals surface area contributed by atoms with Crippen LogP contribution in [0.15, 0.2) is 30.5 Å². The molecule has 1 aromatic carbocycles. The second kappa shape index (κ2) is 10.7. The number of carbonyl (C=O) groups is 3. The maximum absolute atomic E-state index is 12.7. The van der Waals surface area contributed by atoms with E-state index in [1.165, 1.54) is 0 Å². The van der Waals surface area contributed by atoms with Crippen LogP contribution in [0.5, 0.6) is 0 Å². The highest BCUT2D eigenvalue weighted by Gasteiger charge is 2.33. The second-order valence-electron chi connectivity index (χ2n) is 7.54. The molecular weight excluding hydrogens is 398 g/mol. The summed E-state index contributed by atoms with van der Waals surface area (Å²) in [6.45, 7) is 3.13. The van der Waals surface area contributed by atoms with Crippen molar-refractivity contribution in [1.82, 2.24) is 20.5 Å². The maximum atomic E-state index is 12.7. The minimum atomic E-state index is -0.498. The number of ether oxygens (including phenoxy) is 1. The number of rotatable bonds is 9. The van der Waals surface area contributed by atoms with Crippen LogP contribution in [0, 0.1) is 0 Å². The lowest BCUT2D eigenvalue weighted by Gasteiger charge is -2.24. The van der Waals surface area contributed by atoms with Gasteiger partial charge in [-0.15, -0.1) is 0 Å². The van der Waals surface area contributed by atoms with Crippen LogP contribution in [0.4, 0.5) is 5.82 Å². The normalized spacial score (nSPS) is 15.8. The topological polar surface area (TPSA) is 127 Å². The molecule has 1 saturated heterocycles. The highest BCUT2D eigenvalue weighted by Crippen LogP contribution is 2.21. The third-order valence-electron chi connectivity index (χ3n) is 5.21. The van der Waals surface area contributed by atoms with Gasteiger partial charge in [-0.1, -0.05) is 19.1 Å². The summed E-state index contributed by atoms with van der Waals surface area (Å²) in [5.74, 6) is -0.295. The fraction of sp³-hybridized carbons (Fsp3) is 0.455. The Bertz CT molecular complexity index is 949. The Morgan fingerprint density at radius 2 is 2.10 bits per heavy atom. The first-order valence-corrected chi connectivity index (χ1v) is 10.6. The average Bonchev–Trinajstić information content (AvgIpc) is 3.26. The number of anilines is 1. The number of likely N-dealkylation sites (tertiary alicyclic amines) is 1. The molecule has 1 aliphatic heterocycles. The lowest BCUT2D eigenvalue weighted by atomic mass is 10.1. The molecule has 0 saturated carbocycles. The summed E-state index contributed by atoms with van der Waals surface area (Å²) in [5.41, 5.74) is 6.82. The molecule has 1 fully saturated rings. The molecule has 4 N–H and O–H groups in total. The molecular formula is C22H29N5O4. The predicted octanol–water partition coefficient (Wildman–Crippen LogP) is 0.967. The van der Waals surface area contributed by atoms with E-state index < -0.39 is 12.0 Å². The number of nitrogen functional groups attached to an aromatic ring is 1. The van der Waals surface area contributed by atoms with Crippen LogP contribution in [-0.4, -0.2) is 60.0 Å². The van der Waals surface area contributed by atoms with Crippen molar-refractivity contribution in [3.63, 3.8) is 0 Å². The largest absolute Gasteiger partial charge is 0.465 e. The molecule has 9 heteroatoms. The number of nitrogens with zero attached hydrogens (tertiary/aromatic N) is 2. The lowest BCUT2D eigenvalue weighted by molar-refractivity contribution is -0.143. The van der Waals surface area contributed by atoms with E-state index in [0.29, 0.717) is 31.9 Å². The van der Waals surface area contributed by atoms with Gasteiger partial charge in [-0.2, -0.15) is 0 Å². The number of carbonyl (C=O) groups excluding carboxylic acids is 3. The SMILES string of the molecule is CCCOC(=O)CNCC(=O)N1CCCC1C(=O)NCc1ccc2c(N)nccc2c1. The van der Waals surface area contributed by atoms with E-state index in [2.05, 4.69) is 15.6 Å². The Hall–Kier alpha value is -3.20. The molecule has 166 valence electrons. The van der Waals surface area contributed by atoms with Gasteiger partial charge in [0.2, 0.25) is 11.8 Å². The van der Waals surface area contributed by atoms with Crippen LogP contribution < -0.4 is 16.4 Å². The predicted molar refractivity (Wildman–Crippen MR) is 117 cm³/mol. The second-order valence-corrected chi connectivity index (χ2v) is 7.54. The standard InChI is InChI=1S/C22H29N5O4/c1-2-10-31-20(29)14-24-13-19(28)27-9-3-4-18(27)22(30)26-12-15-5-6-17-16(11-15)7-8-25-21(17)23/h5-8,11,18,24H,2-4,9-10,12-14H2,1H3,(H2,23,25)(H,26,30). The highest BCUT2D eigenvalue weighted by molar-refractivity contribution is 5.91. The Balaban J connectivity index is 1.50. The first-order chi connectivity index (χ1) is 15.0. The molecule has 31 heavy (non-hydrogen) atoms. The fourth-order valence-electron chi connectivity index (χ4n) is 3.65. The van der Waals surface area contributed by atoms with Crippen LogP contribution in [0.3, 0.4) is 0 Å². The van der Waals surface area contributed by atoms with Gasteiger partial charge in [-0.3, -0.25) is 19.7 Å². The number of hydrogen-bond donors (Lipinski definition) is 3. The quantitative estimate of drug-likeness (QED) is 0.509. The molecule has 0 spiro atoms. The Morgan fingerprint density at radius 3 is 2.90 bits per heavy atom. The van der Waals surface area contributed by atoms with Crippen molar-refractivity contribution in [1.29, 1.82) is 0 Å². The van der Waals surface area contributed by atoms with Gasteiger partial charge >= 0.3 is 5.97 Å². The van der Waals surface area contributed by atoms with E-state index in [1.807, 2.05) is 31.2 Å². The van der Waals surface area contributed by atoms with Crippen molar-refractivity contribution >= 4 is 34.4 Å². The zero-order valence-corrected chi connectivity index (χ0v) is 17.7. The molecule has 2 heterocycles. The molecule has 9 nitrogen and oxygen atoms in total. The number of fused-ring (bicyclic) bond motifs is 1. The third-order valence-corrected chi connectivity index (χ3v) is 5.21. The van der Waals surface area contributed by atoms with Crippen LogP contribution in [0.2, 0.25) is 0 Å². The highest BCUT2D eigenvalue weighted by atomic mass is 16.5. The summed E-state index contributed by atoms with van der Waals surface area (Å²) in [6, 6.07) is 7.13. The van der Waals surface area contributed by atoms with E-state index in [-0.39, 0.29) is 24.9 Å². The van der Waals surface area contributed by atoms with Gasteiger partial charge in [0.1, 0.15) is 11.9 Å². The number of benzene rings is 1. The maximum Gasteiger partial charge on any atom is 0.319 e. The van der Waals surface area contributed by atoms with Gasteiger partial charge in [0, 0.05) is 24.7 Å². The van der Waals surface area contributed by atoms with Crippen molar-refractivity contribution in [3.05, 3.63) is 36.0 Å². The zero-order valence-electron chi connectivity index (χ0n) is 17.7. The molecule has 2 amide bonds. The van der Waals surface area contributed by atoms with Crippen LogP contribution in [0.25, 0.3) is 10.8 Å². The van der Waals surface area contributed by atoms with Gasteiger partial charge in [0.05, 0.1) is 19.7 Å². The smallest absolute Gasteiger partial charge is 0.319 e. The molecule has 3 rings (SSSR count). The molecule has 0 bridgehead atoms. The van der Waals surface area contributed by atoms with E-state index >= 15 is 0 Å². The van der Waals surface area contributed by atoms with Crippen molar-refractivity contribution in [2.24, 2.45) is 0 Å². The van der Waals surface area contributed by atoms with Gasteiger partial charge in [0.25, 0.3) is 0 Å². The first-order valence-electron chi connectivity index (χ1n) is 10.6. The molecule has 1 unspecified atom stereocenters. The van der Waals surface area contributed by atoms with E-state index in [4.69, 9.17) is 10.5 Å². The molecule has 1 atom stereocenters. The average molecular weight is 428 g/mol. The Morgan fingerprint density at radius 1 is 1.26 bits per heavy atom. The van der Waals surface area contributed by atoms with Gasteiger partial charge < -0.3 is 20.7 Å². The summed E-state index contributed by atoms with van der Waals surface area (Å²) < 4.78 is 4.96. The molecule has 2 aromatic rings. The minimum Gasteiger partial charge on any atom is -0.465 e. The summed E-state index contributed by atoms with van der Waals surface area (Å²) in [5, 5.41) is 7.56. The fourth-order valence-corrected chi connectivity index (χ4v) is 3.65. The number of pyridine rings is 1. The van der Waals surface area contributed by atoms with Crippen molar-refractivity contribution in [2.45, 2.75) is 38.8 Å². The summed E-state index contributed by atoms with van der Waals surface area (Å²) in [6.07, 6.45) is 3.79. The molecule has 0 radical (unpaired) electrons. The molecule has 1 aromatic heterocycles. The number of aromatic nitrogens is 1. The summed E-state index contributed by atoms with van der Waals surface area (Å²) in [7, 11) is 0. The number of nitrogens with two attached hydrogens (primary N) is 1. The van der Waals surface area contributed by atoms with Gasteiger partial charge in [-0.05, 0) is 42.3 Å². The molecule has 0 aliphatic carbocycles. The van der Waals surface area contributed by atoms with E-state index in [0.717, 1.165) is 29.2 Å². The van der Waals surface area contributed by atoms with Crippen molar-refractivity contribution in [3.8, 4) is 0 Å². The Kier molecular flexibility index (Phi) is 7.77. The lowest BCUT2D eigenvalue weighted by Crippen LogP contribution is -2.48. The number of amides is 2. The Labute approximate surface area is 181 Å². The van der Waals surface area contributed by atoms with Crippen LogP contribution in [-0.2, 0) is 25.7 Å². The van der Waals surface area contributed by atoms with Gasteiger partial charge in [-0.25, -0.2) is 4.98 Å². The number of nitrogens with one attached hydrogen (secondary N) is 2. The van der Waals surface area contributed by atoms with Gasteiger partial charge in [0.15, 0.2) is 0 Å². The summed E-state index contributed by atoms with van der Waals surface area (Å²) in [4.78, 5) is 42.4. The minimum absolute atomic E-state index is 0.00879. The van der Waals surface area contributed by atoms with Crippen LogP contribution >= 0.6 is 0 Å². The third kappa shape index (κ3) is 5.91. The number of hydrogen-bond acceptors (Lipinski definition) is 7. The monoisotopic (exact) mass is 427 g/mol. The van der Waals surface area contributed by atoms with E-state index in [9.17, 15) is 14.4 Å². The molecule has 1 aliphatic rings. The van der Waals surface area contributed by atoms with E-state index in [1.54, 1.807) is 11.1 Å². The zero-order chi connectivity index (χ0) is 22.2. The summed E-state index contributed by atoms with van der Waals surface area (Å²) >= 11 is 0. The first kappa shape index (κ1) is 22.5. The van der Waals surface area contributed by atoms with Crippen LogP contribution in [0.1, 0.15) is 31.7 Å².